The van der Waals surface area contributed by atoms with E-state index in [9.17, 15) is 9.59 Å². The highest BCUT2D eigenvalue weighted by molar-refractivity contribution is 5.95. The van der Waals surface area contributed by atoms with Crippen molar-refractivity contribution in [1.82, 2.24) is 4.90 Å². The van der Waals surface area contributed by atoms with Gasteiger partial charge in [0.15, 0.2) is 0 Å². The molecule has 6 nitrogen and oxygen atoms in total. The number of rotatable bonds is 5. The summed E-state index contributed by atoms with van der Waals surface area (Å²) in [5, 5.41) is 11.6. The van der Waals surface area contributed by atoms with Crippen molar-refractivity contribution in [2.24, 2.45) is 5.73 Å². The highest BCUT2D eigenvalue weighted by Crippen LogP contribution is 2.14. The second kappa shape index (κ2) is 6.52. The molecule has 0 aliphatic rings. The lowest BCUT2D eigenvalue weighted by Crippen LogP contribution is -2.43. The van der Waals surface area contributed by atoms with Gasteiger partial charge in [-0.3, -0.25) is 14.5 Å². The molecule has 0 radical (unpaired) electrons. The highest BCUT2D eigenvalue weighted by Gasteiger charge is 2.19. The molecule has 1 rings (SSSR count). The zero-order chi connectivity index (χ0) is 14.4. The molecular formula is C13H16N4O2. The van der Waals surface area contributed by atoms with Crippen molar-refractivity contribution in [3.05, 3.63) is 29.8 Å². The maximum atomic E-state index is 12.0. The fourth-order valence-corrected chi connectivity index (χ4v) is 1.51. The third-order valence-electron chi connectivity index (χ3n) is 2.75. The maximum Gasteiger partial charge on any atom is 0.241 e. The maximum absolute atomic E-state index is 12.0. The van der Waals surface area contributed by atoms with Gasteiger partial charge >= 0.3 is 0 Å². The molecule has 0 spiro atoms. The molecule has 0 aliphatic heterocycles. The highest BCUT2D eigenvalue weighted by atomic mass is 16.2. The van der Waals surface area contributed by atoms with Crippen LogP contribution < -0.4 is 11.1 Å². The topological polar surface area (TPSA) is 99.2 Å². The Balaban J connectivity index is 2.74. The molecule has 1 aromatic rings. The quantitative estimate of drug-likeness (QED) is 0.795. The molecule has 0 aromatic heterocycles. The van der Waals surface area contributed by atoms with E-state index in [0.717, 1.165) is 0 Å². The van der Waals surface area contributed by atoms with E-state index in [2.05, 4.69) is 5.32 Å². The zero-order valence-electron chi connectivity index (χ0n) is 10.9. The summed E-state index contributed by atoms with van der Waals surface area (Å²) < 4.78 is 0. The summed E-state index contributed by atoms with van der Waals surface area (Å²) in [5.41, 5.74) is 5.92. The number of anilines is 1. The van der Waals surface area contributed by atoms with Crippen LogP contribution in [0.1, 0.15) is 12.5 Å². The minimum absolute atomic E-state index is 0.00547. The van der Waals surface area contributed by atoms with Crippen LogP contribution in [0.25, 0.3) is 0 Å². The predicted molar refractivity (Wildman–Crippen MR) is 71.1 cm³/mol. The Kier molecular flexibility index (Phi) is 5.03. The number of carbonyl (C=O) groups is 2. The van der Waals surface area contributed by atoms with Crippen LogP contribution in [0.2, 0.25) is 0 Å². The van der Waals surface area contributed by atoms with Gasteiger partial charge in [0.05, 0.1) is 23.8 Å². The predicted octanol–water partition coefficient (Wildman–Crippen LogP) is 0.302. The molecule has 0 heterocycles. The van der Waals surface area contributed by atoms with Crippen LogP contribution in [0, 0.1) is 11.3 Å². The van der Waals surface area contributed by atoms with E-state index in [1.165, 1.54) is 4.90 Å². The van der Waals surface area contributed by atoms with Crippen LogP contribution in [-0.4, -0.2) is 36.3 Å². The molecule has 19 heavy (non-hydrogen) atoms. The van der Waals surface area contributed by atoms with Crippen molar-refractivity contribution in [2.45, 2.75) is 13.0 Å². The normalized spacial score (nSPS) is 11.7. The van der Waals surface area contributed by atoms with Gasteiger partial charge in [-0.05, 0) is 26.1 Å². The molecule has 0 saturated carbocycles. The number of nitrogens with zero attached hydrogens (tertiary/aromatic N) is 2. The van der Waals surface area contributed by atoms with E-state index in [0.29, 0.717) is 11.3 Å². The SMILES string of the molecule is CC(C(=O)Nc1ccccc1C#N)N(C)CC(N)=O. The van der Waals surface area contributed by atoms with Crippen molar-refractivity contribution in [2.75, 3.05) is 18.9 Å². The first-order valence-corrected chi connectivity index (χ1v) is 5.74. The number of amides is 2. The summed E-state index contributed by atoms with van der Waals surface area (Å²) in [6.07, 6.45) is 0. The summed E-state index contributed by atoms with van der Waals surface area (Å²) in [6.45, 7) is 1.65. The van der Waals surface area contributed by atoms with Gasteiger partial charge < -0.3 is 11.1 Å². The average molecular weight is 260 g/mol. The number of para-hydroxylation sites is 1. The zero-order valence-corrected chi connectivity index (χ0v) is 10.9. The number of nitrogens with one attached hydrogen (secondary N) is 1. The van der Waals surface area contributed by atoms with E-state index >= 15 is 0 Å². The molecule has 0 bridgehead atoms. The van der Waals surface area contributed by atoms with Crippen molar-refractivity contribution < 1.29 is 9.59 Å². The fraction of sp³-hybridized carbons (Fsp3) is 0.308. The van der Waals surface area contributed by atoms with Gasteiger partial charge in [0.2, 0.25) is 11.8 Å². The Labute approximate surface area is 111 Å². The van der Waals surface area contributed by atoms with E-state index in [-0.39, 0.29) is 12.5 Å². The number of nitrogens with two attached hydrogens (primary N) is 1. The van der Waals surface area contributed by atoms with Gasteiger partial charge in [0.25, 0.3) is 0 Å². The molecule has 1 aromatic carbocycles. The Hall–Kier alpha value is -2.39. The molecule has 3 N–H and O–H groups in total. The number of likely N-dealkylation sites (N-methyl/N-ethyl adjacent to an activating group) is 1. The molecule has 1 unspecified atom stereocenters. The van der Waals surface area contributed by atoms with Gasteiger partial charge in [0.1, 0.15) is 6.07 Å². The summed E-state index contributed by atoms with van der Waals surface area (Å²) in [4.78, 5) is 24.3. The van der Waals surface area contributed by atoms with Crippen molar-refractivity contribution in [3.8, 4) is 6.07 Å². The second-order valence-corrected chi connectivity index (χ2v) is 4.20. The minimum atomic E-state index is -0.528. The lowest BCUT2D eigenvalue weighted by molar-refractivity contribution is -0.123. The van der Waals surface area contributed by atoms with Gasteiger partial charge in [-0.2, -0.15) is 5.26 Å². The molecule has 6 heteroatoms. The summed E-state index contributed by atoms with van der Waals surface area (Å²) in [6, 6.07) is 8.19. The first kappa shape index (κ1) is 14.7. The third-order valence-corrected chi connectivity index (χ3v) is 2.75. The Bertz CT molecular complexity index is 522. The van der Waals surface area contributed by atoms with Crippen LogP contribution >= 0.6 is 0 Å². The largest absolute Gasteiger partial charge is 0.369 e. The van der Waals surface area contributed by atoms with Crippen molar-refractivity contribution >= 4 is 17.5 Å². The molecule has 100 valence electrons. The first-order chi connectivity index (χ1) is 8.95. The van der Waals surface area contributed by atoms with Crippen LogP contribution in [0.5, 0.6) is 0 Å². The smallest absolute Gasteiger partial charge is 0.241 e. The minimum Gasteiger partial charge on any atom is -0.369 e. The fourth-order valence-electron chi connectivity index (χ4n) is 1.51. The van der Waals surface area contributed by atoms with Crippen molar-refractivity contribution in [3.63, 3.8) is 0 Å². The Morgan fingerprint density at radius 1 is 1.47 bits per heavy atom. The number of nitriles is 1. The van der Waals surface area contributed by atoms with Crippen LogP contribution in [0.4, 0.5) is 5.69 Å². The number of hydrogen-bond donors (Lipinski definition) is 2. The summed E-state index contributed by atoms with van der Waals surface area (Å²) in [5.74, 6) is -0.800. The molecule has 0 fully saturated rings. The molecule has 0 aliphatic carbocycles. The van der Waals surface area contributed by atoms with Crippen LogP contribution in [-0.2, 0) is 9.59 Å². The number of carbonyl (C=O) groups excluding carboxylic acids is 2. The lowest BCUT2D eigenvalue weighted by atomic mass is 10.2. The standard InChI is InChI=1S/C13H16N4O2/c1-9(17(2)8-12(15)18)13(19)16-11-6-4-3-5-10(11)7-14/h3-6,9H,8H2,1-2H3,(H2,15,18)(H,16,19). The van der Waals surface area contributed by atoms with E-state index in [4.69, 9.17) is 11.0 Å². The van der Waals surface area contributed by atoms with Gasteiger partial charge in [-0.15, -0.1) is 0 Å². The Morgan fingerprint density at radius 2 is 2.11 bits per heavy atom. The van der Waals surface area contributed by atoms with Gasteiger partial charge in [0, 0.05) is 0 Å². The first-order valence-electron chi connectivity index (χ1n) is 5.74. The molecule has 2 amide bonds. The van der Waals surface area contributed by atoms with Crippen LogP contribution in [0.3, 0.4) is 0 Å². The van der Waals surface area contributed by atoms with E-state index in [1.54, 1.807) is 38.2 Å². The Morgan fingerprint density at radius 3 is 2.68 bits per heavy atom. The summed E-state index contributed by atoms with van der Waals surface area (Å²) >= 11 is 0. The van der Waals surface area contributed by atoms with Crippen LogP contribution in [0.15, 0.2) is 24.3 Å². The average Bonchev–Trinajstić information content (AvgIpc) is 2.37. The molecule has 0 saturated heterocycles. The lowest BCUT2D eigenvalue weighted by Gasteiger charge is -2.22. The van der Waals surface area contributed by atoms with Gasteiger partial charge in [-0.25, -0.2) is 0 Å². The van der Waals surface area contributed by atoms with E-state index < -0.39 is 11.9 Å². The number of benzene rings is 1. The monoisotopic (exact) mass is 260 g/mol. The molecule has 1 atom stereocenters. The number of hydrogen-bond acceptors (Lipinski definition) is 4. The summed E-state index contributed by atoms with van der Waals surface area (Å²) in [7, 11) is 1.63. The van der Waals surface area contributed by atoms with Crippen molar-refractivity contribution in [1.29, 1.82) is 5.26 Å². The van der Waals surface area contributed by atoms with E-state index in [1.807, 2.05) is 6.07 Å². The third kappa shape index (κ3) is 4.08. The second-order valence-electron chi connectivity index (χ2n) is 4.20. The molecular weight excluding hydrogens is 244 g/mol. The number of primary amides is 1. The van der Waals surface area contributed by atoms with Gasteiger partial charge in [-0.1, -0.05) is 12.1 Å².